The van der Waals surface area contributed by atoms with Crippen LogP contribution in [0.5, 0.6) is 11.5 Å². The third-order valence-corrected chi connectivity index (χ3v) is 2.68. The second-order valence-corrected chi connectivity index (χ2v) is 3.58. The summed E-state index contributed by atoms with van der Waals surface area (Å²) in [6.45, 7) is 1.93. The fourth-order valence-electron chi connectivity index (χ4n) is 1.82. The average molecular weight is 234 g/mol. The number of aromatic nitrogens is 1. The van der Waals surface area contributed by atoms with Crippen LogP contribution in [0.25, 0.3) is 11.1 Å². The highest BCUT2D eigenvalue weighted by molar-refractivity contribution is 5.77. The van der Waals surface area contributed by atoms with Gasteiger partial charge in [0.1, 0.15) is 0 Å². The molecule has 1 heterocycles. The quantitative estimate of drug-likeness (QED) is 0.881. The maximum atomic E-state index is 5.70. The Morgan fingerprint density at radius 3 is 2.47 bits per heavy atom. The summed E-state index contributed by atoms with van der Waals surface area (Å²) in [7, 11) is 3.20. The van der Waals surface area contributed by atoms with Crippen molar-refractivity contribution in [2.45, 2.75) is 6.92 Å². The Morgan fingerprint density at radius 1 is 1.18 bits per heavy atom. The van der Waals surface area contributed by atoms with Gasteiger partial charge in [-0.1, -0.05) is 5.16 Å². The molecular formula is C12H14N2O3. The van der Waals surface area contributed by atoms with Gasteiger partial charge < -0.3 is 19.7 Å². The standard InChI is InChI=1S/C12H14N2O3/c1-7-8(9-6-14-17-12(9)13)4-5-10(15-2)11(7)16-3/h4-6H,13H2,1-3H3. The predicted molar refractivity (Wildman–Crippen MR) is 64.2 cm³/mol. The van der Waals surface area contributed by atoms with E-state index in [-0.39, 0.29) is 0 Å². The van der Waals surface area contributed by atoms with Crippen LogP contribution in [0.1, 0.15) is 5.56 Å². The lowest BCUT2D eigenvalue weighted by atomic mass is 10.0. The zero-order valence-electron chi connectivity index (χ0n) is 9.98. The topological polar surface area (TPSA) is 70.5 Å². The summed E-state index contributed by atoms with van der Waals surface area (Å²) < 4.78 is 15.4. The van der Waals surface area contributed by atoms with Gasteiger partial charge in [-0.25, -0.2) is 0 Å². The molecule has 0 aliphatic heterocycles. The Balaban J connectivity index is 2.61. The molecule has 5 heteroatoms. The molecule has 0 aliphatic rings. The van der Waals surface area contributed by atoms with E-state index in [1.54, 1.807) is 20.4 Å². The lowest BCUT2D eigenvalue weighted by Crippen LogP contribution is -1.95. The van der Waals surface area contributed by atoms with Crippen molar-refractivity contribution in [3.05, 3.63) is 23.9 Å². The van der Waals surface area contributed by atoms with Gasteiger partial charge in [0.15, 0.2) is 11.5 Å². The summed E-state index contributed by atoms with van der Waals surface area (Å²) in [5.41, 5.74) is 8.31. The van der Waals surface area contributed by atoms with Gasteiger partial charge in [0.05, 0.1) is 26.0 Å². The number of nitrogens with zero attached hydrogens (tertiary/aromatic N) is 1. The van der Waals surface area contributed by atoms with E-state index in [0.29, 0.717) is 17.4 Å². The third-order valence-electron chi connectivity index (χ3n) is 2.68. The van der Waals surface area contributed by atoms with E-state index < -0.39 is 0 Å². The molecule has 5 nitrogen and oxygen atoms in total. The van der Waals surface area contributed by atoms with Crippen molar-refractivity contribution < 1.29 is 14.0 Å². The molecule has 2 N–H and O–H groups in total. The fraction of sp³-hybridized carbons (Fsp3) is 0.250. The molecule has 0 fully saturated rings. The van der Waals surface area contributed by atoms with E-state index in [1.165, 1.54) is 0 Å². The first-order valence-corrected chi connectivity index (χ1v) is 5.11. The lowest BCUT2D eigenvalue weighted by Gasteiger charge is -2.13. The summed E-state index contributed by atoms with van der Waals surface area (Å²) in [4.78, 5) is 0. The smallest absolute Gasteiger partial charge is 0.229 e. The SMILES string of the molecule is COc1ccc(-c2cnoc2N)c(C)c1OC. The van der Waals surface area contributed by atoms with E-state index in [4.69, 9.17) is 19.7 Å². The fourth-order valence-corrected chi connectivity index (χ4v) is 1.82. The minimum Gasteiger partial charge on any atom is -0.493 e. The summed E-state index contributed by atoms with van der Waals surface area (Å²) in [6, 6.07) is 3.73. The minimum atomic E-state index is 0.292. The lowest BCUT2D eigenvalue weighted by molar-refractivity contribution is 0.353. The average Bonchev–Trinajstić information content (AvgIpc) is 2.75. The second kappa shape index (κ2) is 4.37. The highest BCUT2D eigenvalue weighted by Gasteiger charge is 2.15. The van der Waals surface area contributed by atoms with Crippen LogP contribution in [0.2, 0.25) is 0 Å². The van der Waals surface area contributed by atoms with Gasteiger partial charge in [0, 0.05) is 5.56 Å². The van der Waals surface area contributed by atoms with E-state index in [2.05, 4.69) is 5.16 Å². The van der Waals surface area contributed by atoms with Crippen LogP contribution in [-0.4, -0.2) is 19.4 Å². The van der Waals surface area contributed by atoms with Crippen LogP contribution in [0.4, 0.5) is 5.88 Å². The summed E-state index contributed by atoms with van der Waals surface area (Å²) >= 11 is 0. The van der Waals surface area contributed by atoms with E-state index in [1.807, 2.05) is 19.1 Å². The van der Waals surface area contributed by atoms with Crippen LogP contribution in [0.3, 0.4) is 0 Å². The molecule has 0 bridgehead atoms. The molecule has 0 radical (unpaired) electrons. The summed E-state index contributed by atoms with van der Waals surface area (Å²) in [5, 5.41) is 3.67. The van der Waals surface area contributed by atoms with E-state index in [0.717, 1.165) is 16.7 Å². The van der Waals surface area contributed by atoms with Crippen LogP contribution >= 0.6 is 0 Å². The second-order valence-electron chi connectivity index (χ2n) is 3.58. The molecule has 2 aromatic rings. The molecule has 17 heavy (non-hydrogen) atoms. The van der Waals surface area contributed by atoms with Gasteiger partial charge in [0.2, 0.25) is 5.88 Å². The minimum absolute atomic E-state index is 0.292. The number of hydrogen-bond donors (Lipinski definition) is 1. The van der Waals surface area contributed by atoms with Crippen molar-refractivity contribution in [2.75, 3.05) is 20.0 Å². The Hall–Kier alpha value is -2.17. The number of ether oxygens (including phenoxy) is 2. The first-order valence-electron chi connectivity index (χ1n) is 5.11. The van der Waals surface area contributed by atoms with Gasteiger partial charge in [-0.15, -0.1) is 0 Å². The molecule has 0 saturated carbocycles. The molecule has 0 aliphatic carbocycles. The number of benzene rings is 1. The number of methoxy groups -OCH3 is 2. The van der Waals surface area contributed by atoms with Gasteiger partial charge in [-0.2, -0.15) is 0 Å². The van der Waals surface area contributed by atoms with E-state index in [9.17, 15) is 0 Å². The number of hydrogen-bond acceptors (Lipinski definition) is 5. The molecule has 1 aromatic heterocycles. The molecule has 90 valence electrons. The Morgan fingerprint density at radius 2 is 1.94 bits per heavy atom. The van der Waals surface area contributed by atoms with Crippen LogP contribution in [-0.2, 0) is 0 Å². The Bertz CT molecular complexity index is 535. The van der Waals surface area contributed by atoms with Crippen molar-refractivity contribution in [3.8, 4) is 22.6 Å². The normalized spacial score (nSPS) is 10.3. The maximum absolute atomic E-state index is 5.70. The van der Waals surface area contributed by atoms with Gasteiger partial charge in [-0.05, 0) is 24.6 Å². The van der Waals surface area contributed by atoms with Crippen molar-refractivity contribution in [1.82, 2.24) is 5.16 Å². The molecule has 2 rings (SSSR count). The van der Waals surface area contributed by atoms with Crippen molar-refractivity contribution in [3.63, 3.8) is 0 Å². The molecule has 0 saturated heterocycles. The number of rotatable bonds is 3. The molecule has 0 amide bonds. The molecule has 0 spiro atoms. The predicted octanol–water partition coefficient (Wildman–Crippen LogP) is 2.25. The first-order chi connectivity index (χ1) is 8.19. The molecule has 0 unspecified atom stereocenters. The summed E-state index contributed by atoms with van der Waals surface area (Å²) in [6.07, 6.45) is 1.59. The van der Waals surface area contributed by atoms with E-state index >= 15 is 0 Å². The van der Waals surface area contributed by atoms with Gasteiger partial charge >= 0.3 is 0 Å². The number of nitrogens with two attached hydrogens (primary N) is 1. The first kappa shape index (κ1) is 11.3. The number of nitrogen functional groups attached to an aromatic ring is 1. The monoisotopic (exact) mass is 234 g/mol. The van der Waals surface area contributed by atoms with Gasteiger partial charge in [0.25, 0.3) is 0 Å². The molecule has 1 aromatic carbocycles. The maximum Gasteiger partial charge on any atom is 0.229 e. The molecule has 0 atom stereocenters. The van der Waals surface area contributed by atoms with Crippen molar-refractivity contribution in [2.24, 2.45) is 0 Å². The molecular weight excluding hydrogens is 220 g/mol. The highest BCUT2D eigenvalue weighted by atomic mass is 16.5. The van der Waals surface area contributed by atoms with Crippen LogP contribution < -0.4 is 15.2 Å². The third kappa shape index (κ3) is 1.80. The van der Waals surface area contributed by atoms with Crippen molar-refractivity contribution in [1.29, 1.82) is 0 Å². The summed E-state index contributed by atoms with van der Waals surface area (Å²) in [5.74, 6) is 1.66. The number of anilines is 1. The largest absolute Gasteiger partial charge is 0.493 e. The Kier molecular flexibility index (Phi) is 2.91. The zero-order chi connectivity index (χ0) is 12.4. The Labute approximate surface area is 99.1 Å². The van der Waals surface area contributed by atoms with Gasteiger partial charge in [-0.3, -0.25) is 0 Å². The van der Waals surface area contributed by atoms with Crippen LogP contribution in [0.15, 0.2) is 22.9 Å². The van der Waals surface area contributed by atoms with Crippen molar-refractivity contribution >= 4 is 5.88 Å². The zero-order valence-corrected chi connectivity index (χ0v) is 9.98. The van der Waals surface area contributed by atoms with Crippen LogP contribution in [0, 0.1) is 6.92 Å². The highest BCUT2D eigenvalue weighted by Crippen LogP contribution is 2.38.